The SMILES string of the molecule is CNC(=O)[C@H]1C[C@@H]2CCN(c3nnc(C)s3)C[C@@H]2O1. The number of nitrogens with zero attached hydrogens (tertiary/aromatic N) is 3. The van der Waals surface area contributed by atoms with Crippen LogP contribution in [0.1, 0.15) is 17.8 Å². The van der Waals surface area contributed by atoms with Crippen LogP contribution in [0.2, 0.25) is 0 Å². The molecule has 7 heteroatoms. The number of hydrogen-bond acceptors (Lipinski definition) is 6. The number of anilines is 1. The Balaban J connectivity index is 1.66. The van der Waals surface area contributed by atoms with Gasteiger partial charge < -0.3 is 15.0 Å². The van der Waals surface area contributed by atoms with Crippen LogP contribution in [0.4, 0.5) is 5.13 Å². The van der Waals surface area contributed by atoms with E-state index in [0.29, 0.717) is 5.92 Å². The van der Waals surface area contributed by atoms with Gasteiger partial charge in [-0.15, -0.1) is 10.2 Å². The van der Waals surface area contributed by atoms with Crippen molar-refractivity contribution in [2.45, 2.75) is 32.0 Å². The van der Waals surface area contributed by atoms with Gasteiger partial charge in [0.05, 0.1) is 6.10 Å². The number of ether oxygens (including phenoxy) is 1. The van der Waals surface area contributed by atoms with Crippen molar-refractivity contribution in [1.82, 2.24) is 15.5 Å². The van der Waals surface area contributed by atoms with E-state index in [0.717, 1.165) is 36.1 Å². The largest absolute Gasteiger partial charge is 0.363 e. The van der Waals surface area contributed by atoms with E-state index in [-0.39, 0.29) is 18.1 Å². The highest BCUT2D eigenvalue weighted by Crippen LogP contribution is 2.35. The smallest absolute Gasteiger partial charge is 0.248 e. The highest BCUT2D eigenvalue weighted by atomic mass is 32.1. The number of piperidine rings is 1. The third-order valence-electron chi connectivity index (χ3n) is 3.88. The molecule has 3 rings (SSSR count). The molecule has 6 nitrogen and oxygen atoms in total. The van der Waals surface area contributed by atoms with Gasteiger partial charge in [0.2, 0.25) is 11.0 Å². The lowest BCUT2D eigenvalue weighted by Crippen LogP contribution is -2.42. The number of carbonyl (C=O) groups is 1. The van der Waals surface area contributed by atoms with Gasteiger partial charge in [-0.25, -0.2) is 0 Å². The van der Waals surface area contributed by atoms with Gasteiger partial charge in [0, 0.05) is 20.1 Å². The zero-order valence-corrected chi connectivity index (χ0v) is 11.9. The molecule has 104 valence electrons. The van der Waals surface area contributed by atoms with Crippen molar-refractivity contribution >= 4 is 22.4 Å². The van der Waals surface area contributed by atoms with E-state index in [1.165, 1.54) is 0 Å². The second-order valence-electron chi connectivity index (χ2n) is 5.11. The summed E-state index contributed by atoms with van der Waals surface area (Å²) >= 11 is 1.61. The number of carbonyl (C=O) groups excluding carboxylic acids is 1. The third-order valence-corrected chi connectivity index (χ3v) is 4.78. The van der Waals surface area contributed by atoms with E-state index in [1.54, 1.807) is 18.4 Å². The monoisotopic (exact) mass is 282 g/mol. The molecule has 2 saturated heterocycles. The molecule has 1 amide bonds. The van der Waals surface area contributed by atoms with E-state index >= 15 is 0 Å². The average Bonchev–Trinajstić information content (AvgIpc) is 3.02. The number of likely N-dealkylation sites (N-methyl/N-ethyl adjacent to an activating group) is 1. The van der Waals surface area contributed by atoms with Gasteiger partial charge in [-0.1, -0.05) is 11.3 Å². The summed E-state index contributed by atoms with van der Waals surface area (Å²) in [6.45, 7) is 3.74. The summed E-state index contributed by atoms with van der Waals surface area (Å²) in [4.78, 5) is 13.9. The Labute approximate surface area is 116 Å². The molecule has 2 fully saturated rings. The first-order chi connectivity index (χ1) is 9.17. The number of amides is 1. The number of hydrogen-bond donors (Lipinski definition) is 1. The Hall–Kier alpha value is -1.21. The first kappa shape index (κ1) is 12.8. The molecule has 1 aromatic heterocycles. The fourth-order valence-electron chi connectivity index (χ4n) is 2.85. The normalized spacial score (nSPS) is 30.2. The minimum absolute atomic E-state index is 0.00675. The van der Waals surface area contributed by atoms with Crippen molar-refractivity contribution in [2.24, 2.45) is 5.92 Å². The zero-order chi connectivity index (χ0) is 13.4. The number of aromatic nitrogens is 2. The summed E-state index contributed by atoms with van der Waals surface area (Å²) in [5.74, 6) is 0.486. The Morgan fingerprint density at radius 3 is 3.05 bits per heavy atom. The van der Waals surface area contributed by atoms with Crippen LogP contribution in [-0.4, -0.2) is 48.4 Å². The van der Waals surface area contributed by atoms with Crippen molar-refractivity contribution in [2.75, 3.05) is 25.0 Å². The van der Waals surface area contributed by atoms with E-state index in [9.17, 15) is 4.79 Å². The van der Waals surface area contributed by atoms with Gasteiger partial charge in [0.1, 0.15) is 11.1 Å². The average molecular weight is 282 g/mol. The van der Waals surface area contributed by atoms with Crippen LogP contribution < -0.4 is 10.2 Å². The molecular formula is C12H18N4O2S. The molecule has 0 unspecified atom stereocenters. The number of fused-ring (bicyclic) bond motifs is 1. The van der Waals surface area contributed by atoms with Crippen LogP contribution in [0.25, 0.3) is 0 Å². The van der Waals surface area contributed by atoms with Crippen LogP contribution >= 0.6 is 11.3 Å². The summed E-state index contributed by atoms with van der Waals surface area (Å²) in [6, 6.07) is 0. The quantitative estimate of drug-likeness (QED) is 0.859. The van der Waals surface area contributed by atoms with Crippen LogP contribution in [0.15, 0.2) is 0 Å². The molecule has 3 heterocycles. The Kier molecular flexibility index (Phi) is 3.40. The maximum absolute atomic E-state index is 11.6. The summed E-state index contributed by atoms with van der Waals surface area (Å²) in [5, 5.41) is 12.8. The van der Waals surface area contributed by atoms with Crippen LogP contribution in [0.5, 0.6) is 0 Å². The van der Waals surface area contributed by atoms with Gasteiger partial charge in [-0.3, -0.25) is 4.79 Å². The second-order valence-corrected chi connectivity index (χ2v) is 6.27. The van der Waals surface area contributed by atoms with Gasteiger partial charge in [-0.05, 0) is 25.7 Å². The van der Waals surface area contributed by atoms with E-state index in [4.69, 9.17) is 4.74 Å². The first-order valence-corrected chi connectivity index (χ1v) is 7.41. The molecule has 3 atom stereocenters. The minimum Gasteiger partial charge on any atom is -0.363 e. The highest BCUT2D eigenvalue weighted by Gasteiger charge is 2.42. The van der Waals surface area contributed by atoms with Crippen LogP contribution in [0.3, 0.4) is 0 Å². The molecule has 0 spiro atoms. The molecule has 0 aliphatic carbocycles. The molecule has 0 aromatic carbocycles. The van der Waals surface area contributed by atoms with E-state index in [1.807, 2.05) is 6.92 Å². The molecule has 19 heavy (non-hydrogen) atoms. The summed E-state index contributed by atoms with van der Waals surface area (Å²) in [5.41, 5.74) is 0. The fourth-order valence-corrected chi connectivity index (χ4v) is 3.57. The third kappa shape index (κ3) is 2.44. The molecular weight excluding hydrogens is 264 g/mol. The van der Waals surface area contributed by atoms with Gasteiger partial charge in [0.15, 0.2) is 0 Å². The molecule has 1 aromatic rings. The predicted molar refractivity (Wildman–Crippen MR) is 72.3 cm³/mol. The zero-order valence-electron chi connectivity index (χ0n) is 11.1. The lowest BCUT2D eigenvalue weighted by molar-refractivity contribution is -0.131. The highest BCUT2D eigenvalue weighted by molar-refractivity contribution is 7.15. The molecule has 2 aliphatic rings. The number of rotatable bonds is 2. The first-order valence-electron chi connectivity index (χ1n) is 6.59. The van der Waals surface area contributed by atoms with Crippen molar-refractivity contribution < 1.29 is 9.53 Å². The summed E-state index contributed by atoms with van der Waals surface area (Å²) in [6.07, 6.45) is 1.75. The number of aryl methyl sites for hydroxylation is 1. The van der Waals surface area contributed by atoms with Crippen molar-refractivity contribution in [3.63, 3.8) is 0 Å². The summed E-state index contributed by atoms with van der Waals surface area (Å²) < 4.78 is 5.88. The summed E-state index contributed by atoms with van der Waals surface area (Å²) in [7, 11) is 1.66. The van der Waals surface area contributed by atoms with E-state index in [2.05, 4.69) is 20.4 Å². The van der Waals surface area contributed by atoms with Crippen molar-refractivity contribution in [3.05, 3.63) is 5.01 Å². The topological polar surface area (TPSA) is 67.4 Å². The molecule has 1 N–H and O–H groups in total. The Bertz CT molecular complexity index is 478. The maximum atomic E-state index is 11.6. The van der Waals surface area contributed by atoms with Crippen molar-refractivity contribution in [3.8, 4) is 0 Å². The van der Waals surface area contributed by atoms with Crippen molar-refractivity contribution in [1.29, 1.82) is 0 Å². The molecule has 0 bridgehead atoms. The van der Waals surface area contributed by atoms with Gasteiger partial charge >= 0.3 is 0 Å². The Morgan fingerprint density at radius 1 is 1.53 bits per heavy atom. The minimum atomic E-state index is -0.281. The lowest BCUT2D eigenvalue weighted by atomic mass is 9.92. The standard InChI is InChI=1S/C12H18N4O2S/c1-7-14-15-12(19-7)16-4-3-8-5-9(11(17)13-2)18-10(8)6-16/h8-10H,3-6H2,1-2H3,(H,13,17)/t8-,9+,10-/m0/s1. The van der Waals surface area contributed by atoms with Crippen LogP contribution in [-0.2, 0) is 9.53 Å². The Morgan fingerprint density at radius 2 is 2.37 bits per heavy atom. The fraction of sp³-hybridized carbons (Fsp3) is 0.750. The van der Waals surface area contributed by atoms with E-state index < -0.39 is 0 Å². The molecule has 2 aliphatic heterocycles. The maximum Gasteiger partial charge on any atom is 0.248 e. The number of nitrogens with one attached hydrogen (secondary N) is 1. The predicted octanol–water partition coefficient (Wildman–Crippen LogP) is 0.576. The van der Waals surface area contributed by atoms with Gasteiger partial charge in [-0.2, -0.15) is 0 Å². The van der Waals surface area contributed by atoms with Crippen LogP contribution in [0, 0.1) is 12.8 Å². The van der Waals surface area contributed by atoms with Gasteiger partial charge in [0.25, 0.3) is 0 Å². The lowest BCUT2D eigenvalue weighted by Gasteiger charge is -2.33. The molecule has 0 saturated carbocycles. The second kappa shape index (κ2) is 5.05. The molecule has 0 radical (unpaired) electrons.